The summed E-state index contributed by atoms with van der Waals surface area (Å²) in [5.74, 6) is -0.941. The second-order valence-corrected chi connectivity index (χ2v) is 5.16. The van der Waals surface area contributed by atoms with Gasteiger partial charge in [0.15, 0.2) is 0 Å². The summed E-state index contributed by atoms with van der Waals surface area (Å²) in [5, 5.41) is 8.42. The van der Waals surface area contributed by atoms with Crippen molar-refractivity contribution in [1.29, 1.82) is 0 Å². The third-order valence-corrected chi connectivity index (χ3v) is 3.22. The molecule has 6 heteroatoms. The molecule has 0 aromatic rings. The standard InChI is InChI=1S/C8H17NO4S/c1-3-4-5-14(12,13)9-7(2)6-8(10)11/h7,9H,3-6H2,1-2H3,(H,10,11). The van der Waals surface area contributed by atoms with Crippen LogP contribution in [0.3, 0.4) is 0 Å². The van der Waals surface area contributed by atoms with E-state index in [1.807, 2.05) is 6.92 Å². The third kappa shape index (κ3) is 6.85. The monoisotopic (exact) mass is 223 g/mol. The Labute approximate surface area is 84.6 Å². The SMILES string of the molecule is CCCCS(=O)(=O)NC(C)CC(=O)O. The largest absolute Gasteiger partial charge is 0.481 e. The molecule has 5 nitrogen and oxygen atoms in total. The summed E-state index contributed by atoms with van der Waals surface area (Å²) < 4.78 is 24.9. The molecule has 0 fully saturated rings. The fraction of sp³-hybridized carbons (Fsp3) is 0.875. The van der Waals surface area contributed by atoms with Gasteiger partial charge in [-0.15, -0.1) is 0 Å². The van der Waals surface area contributed by atoms with Gasteiger partial charge in [0.1, 0.15) is 0 Å². The first kappa shape index (κ1) is 13.4. The van der Waals surface area contributed by atoms with E-state index in [4.69, 9.17) is 5.11 Å². The molecule has 0 amide bonds. The Kier molecular flexibility index (Phi) is 5.71. The fourth-order valence-corrected chi connectivity index (χ4v) is 2.49. The maximum absolute atomic E-state index is 11.3. The average molecular weight is 223 g/mol. The summed E-state index contributed by atoms with van der Waals surface area (Å²) in [6.45, 7) is 3.44. The van der Waals surface area contributed by atoms with Crippen LogP contribution in [-0.4, -0.2) is 31.3 Å². The number of rotatable bonds is 7. The molecule has 0 radical (unpaired) electrons. The number of carbonyl (C=O) groups is 1. The summed E-state index contributed by atoms with van der Waals surface area (Å²) in [4.78, 5) is 10.3. The minimum Gasteiger partial charge on any atom is -0.481 e. The lowest BCUT2D eigenvalue weighted by Gasteiger charge is -2.11. The Hall–Kier alpha value is -0.620. The minimum atomic E-state index is -3.30. The van der Waals surface area contributed by atoms with Gasteiger partial charge < -0.3 is 5.11 Å². The van der Waals surface area contributed by atoms with E-state index in [1.54, 1.807) is 0 Å². The maximum Gasteiger partial charge on any atom is 0.304 e. The predicted molar refractivity (Wildman–Crippen MR) is 53.5 cm³/mol. The van der Waals surface area contributed by atoms with Crippen LogP contribution >= 0.6 is 0 Å². The summed E-state index contributed by atoms with van der Waals surface area (Å²) in [5.41, 5.74) is 0. The van der Waals surface area contributed by atoms with Gasteiger partial charge >= 0.3 is 5.97 Å². The smallest absolute Gasteiger partial charge is 0.304 e. The molecule has 2 N–H and O–H groups in total. The maximum atomic E-state index is 11.3. The highest BCUT2D eigenvalue weighted by molar-refractivity contribution is 7.89. The zero-order valence-corrected chi connectivity index (χ0v) is 9.30. The molecule has 0 saturated heterocycles. The van der Waals surface area contributed by atoms with E-state index >= 15 is 0 Å². The number of hydrogen-bond donors (Lipinski definition) is 2. The van der Waals surface area contributed by atoms with Gasteiger partial charge in [0.25, 0.3) is 0 Å². The van der Waals surface area contributed by atoms with Crippen LogP contribution in [0.15, 0.2) is 0 Å². The van der Waals surface area contributed by atoms with Crippen molar-refractivity contribution >= 4 is 16.0 Å². The summed E-state index contributed by atoms with van der Waals surface area (Å²) in [6, 6.07) is -0.547. The summed E-state index contributed by atoms with van der Waals surface area (Å²) in [7, 11) is -3.30. The zero-order chi connectivity index (χ0) is 11.2. The predicted octanol–water partition coefficient (Wildman–Crippen LogP) is 0.569. The fourth-order valence-electron chi connectivity index (χ4n) is 1.00. The zero-order valence-electron chi connectivity index (χ0n) is 8.49. The quantitative estimate of drug-likeness (QED) is 0.661. The second-order valence-electron chi connectivity index (χ2n) is 3.29. The van der Waals surface area contributed by atoms with Crippen molar-refractivity contribution in [2.24, 2.45) is 0 Å². The van der Waals surface area contributed by atoms with E-state index in [9.17, 15) is 13.2 Å². The van der Waals surface area contributed by atoms with E-state index < -0.39 is 22.0 Å². The molecular formula is C8H17NO4S. The van der Waals surface area contributed by atoms with Crippen molar-refractivity contribution in [3.8, 4) is 0 Å². The number of unbranched alkanes of at least 4 members (excludes halogenated alkanes) is 1. The Morgan fingerprint density at radius 2 is 2.07 bits per heavy atom. The molecule has 84 valence electrons. The molecule has 0 aliphatic heterocycles. The molecular weight excluding hydrogens is 206 g/mol. The van der Waals surface area contributed by atoms with Crippen LogP contribution in [0, 0.1) is 0 Å². The number of hydrogen-bond acceptors (Lipinski definition) is 3. The minimum absolute atomic E-state index is 0.0630. The van der Waals surface area contributed by atoms with E-state index in [1.165, 1.54) is 6.92 Å². The lowest BCUT2D eigenvalue weighted by atomic mass is 10.3. The van der Waals surface area contributed by atoms with E-state index in [0.29, 0.717) is 6.42 Å². The number of sulfonamides is 1. The van der Waals surface area contributed by atoms with E-state index in [0.717, 1.165) is 6.42 Å². The van der Waals surface area contributed by atoms with E-state index in [-0.39, 0.29) is 12.2 Å². The molecule has 1 unspecified atom stereocenters. The molecule has 0 heterocycles. The van der Waals surface area contributed by atoms with Gasteiger partial charge in [0.05, 0.1) is 12.2 Å². The van der Waals surface area contributed by atoms with Crippen molar-refractivity contribution in [3.63, 3.8) is 0 Å². The van der Waals surface area contributed by atoms with Crippen molar-refractivity contribution in [2.45, 2.75) is 39.2 Å². The lowest BCUT2D eigenvalue weighted by molar-refractivity contribution is -0.137. The van der Waals surface area contributed by atoms with Crippen LogP contribution < -0.4 is 4.72 Å². The molecule has 14 heavy (non-hydrogen) atoms. The first-order chi connectivity index (χ1) is 6.37. The third-order valence-electron chi connectivity index (χ3n) is 1.63. The Balaban J connectivity index is 4.02. The molecule has 0 spiro atoms. The van der Waals surface area contributed by atoms with Crippen molar-refractivity contribution < 1.29 is 18.3 Å². The summed E-state index contributed by atoms with van der Waals surface area (Å²) >= 11 is 0. The van der Waals surface area contributed by atoms with Crippen molar-refractivity contribution in [2.75, 3.05) is 5.75 Å². The molecule has 0 aliphatic carbocycles. The molecule has 0 bridgehead atoms. The molecule has 0 aliphatic rings. The first-order valence-corrected chi connectivity index (χ1v) is 6.24. The van der Waals surface area contributed by atoms with Crippen LogP contribution in [0.5, 0.6) is 0 Å². The van der Waals surface area contributed by atoms with Gasteiger partial charge in [0, 0.05) is 6.04 Å². The first-order valence-electron chi connectivity index (χ1n) is 4.59. The van der Waals surface area contributed by atoms with Crippen molar-refractivity contribution in [3.05, 3.63) is 0 Å². The Morgan fingerprint density at radius 3 is 2.50 bits per heavy atom. The number of carboxylic acid groups (broad SMARTS) is 1. The summed E-state index contributed by atoms with van der Waals surface area (Å²) in [6.07, 6.45) is 1.20. The van der Waals surface area contributed by atoms with Crippen LogP contribution in [0.4, 0.5) is 0 Å². The second kappa shape index (κ2) is 5.98. The normalized spacial score (nSPS) is 13.9. The number of aliphatic carboxylic acids is 1. The van der Waals surface area contributed by atoms with Gasteiger partial charge in [-0.2, -0.15) is 0 Å². The van der Waals surface area contributed by atoms with E-state index in [2.05, 4.69) is 4.72 Å². The van der Waals surface area contributed by atoms with Crippen molar-refractivity contribution in [1.82, 2.24) is 4.72 Å². The topological polar surface area (TPSA) is 83.5 Å². The number of nitrogens with one attached hydrogen (secondary N) is 1. The molecule has 0 rings (SSSR count). The van der Waals surface area contributed by atoms with Crippen LogP contribution in [0.1, 0.15) is 33.1 Å². The highest BCUT2D eigenvalue weighted by Gasteiger charge is 2.15. The number of carboxylic acids is 1. The van der Waals surface area contributed by atoms with Gasteiger partial charge in [-0.25, -0.2) is 13.1 Å². The highest BCUT2D eigenvalue weighted by atomic mass is 32.2. The van der Waals surface area contributed by atoms with Gasteiger partial charge in [0.2, 0.25) is 10.0 Å². The van der Waals surface area contributed by atoms with Gasteiger partial charge in [-0.3, -0.25) is 4.79 Å². The highest BCUT2D eigenvalue weighted by Crippen LogP contribution is 1.98. The Bertz CT molecular complexity index is 273. The molecule has 0 aromatic heterocycles. The lowest BCUT2D eigenvalue weighted by Crippen LogP contribution is -2.35. The molecule has 0 aromatic carbocycles. The van der Waals surface area contributed by atoms with Crippen LogP contribution in [0.25, 0.3) is 0 Å². The van der Waals surface area contributed by atoms with Crippen LogP contribution in [0.2, 0.25) is 0 Å². The van der Waals surface area contributed by atoms with Crippen LogP contribution in [-0.2, 0) is 14.8 Å². The molecule has 0 saturated carbocycles. The molecule has 1 atom stereocenters. The average Bonchev–Trinajstić information content (AvgIpc) is 1.98. The Morgan fingerprint density at radius 1 is 1.50 bits per heavy atom. The van der Waals surface area contributed by atoms with Gasteiger partial charge in [-0.1, -0.05) is 13.3 Å². The van der Waals surface area contributed by atoms with Gasteiger partial charge in [-0.05, 0) is 13.3 Å².